The Balaban J connectivity index is 3.18. The molecule has 0 aliphatic rings. The second-order valence-corrected chi connectivity index (χ2v) is 3.94. The number of rotatable bonds is 8. The smallest absolute Gasteiger partial charge is 0.305 e. The molecule has 0 spiro atoms. The molecule has 0 aliphatic heterocycles. The summed E-state index contributed by atoms with van der Waals surface area (Å²) in [6.45, 7) is 4.79. The lowest BCUT2D eigenvalue weighted by molar-refractivity contribution is -0.144. The van der Waals surface area contributed by atoms with Gasteiger partial charge in [0.15, 0.2) is 0 Å². The molecule has 0 bridgehead atoms. The van der Waals surface area contributed by atoms with Gasteiger partial charge in [-0.2, -0.15) is 0 Å². The van der Waals surface area contributed by atoms with Gasteiger partial charge >= 0.3 is 5.97 Å². The van der Waals surface area contributed by atoms with Crippen LogP contribution in [0, 0.1) is 5.92 Å². The zero-order chi connectivity index (χ0) is 10.8. The number of aliphatic hydroxyl groups is 1. The summed E-state index contributed by atoms with van der Waals surface area (Å²) < 4.78 is 4.89. The highest BCUT2D eigenvalue weighted by atomic mass is 16.5. The van der Waals surface area contributed by atoms with Crippen LogP contribution in [-0.2, 0) is 9.53 Å². The molecule has 0 saturated heterocycles. The first-order chi connectivity index (χ1) is 6.66. The van der Waals surface area contributed by atoms with Crippen molar-refractivity contribution in [3.05, 3.63) is 0 Å². The molecule has 0 atom stereocenters. The van der Waals surface area contributed by atoms with Crippen LogP contribution >= 0.6 is 0 Å². The van der Waals surface area contributed by atoms with Gasteiger partial charge in [-0.15, -0.1) is 0 Å². The minimum absolute atomic E-state index is 0.0840. The Labute approximate surface area is 86.5 Å². The molecular formula is C11H22O3. The van der Waals surface area contributed by atoms with E-state index >= 15 is 0 Å². The van der Waals surface area contributed by atoms with Gasteiger partial charge in [-0.1, -0.05) is 26.7 Å². The Kier molecular flexibility index (Phi) is 8.64. The van der Waals surface area contributed by atoms with Crippen LogP contribution in [-0.4, -0.2) is 24.3 Å². The van der Waals surface area contributed by atoms with Crippen LogP contribution in [0.25, 0.3) is 0 Å². The monoisotopic (exact) mass is 202 g/mol. The standard InChI is InChI=1S/C11H22O3/c1-10(2)6-3-4-7-11(13)14-9-5-8-12/h10,12H,3-9H2,1-2H3. The van der Waals surface area contributed by atoms with Crippen LogP contribution in [0.15, 0.2) is 0 Å². The van der Waals surface area contributed by atoms with Crippen molar-refractivity contribution in [1.82, 2.24) is 0 Å². The predicted molar refractivity (Wildman–Crippen MR) is 56.0 cm³/mol. The van der Waals surface area contributed by atoms with Crippen molar-refractivity contribution in [1.29, 1.82) is 0 Å². The van der Waals surface area contributed by atoms with E-state index in [1.54, 1.807) is 0 Å². The Morgan fingerprint density at radius 1 is 1.29 bits per heavy atom. The normalized spacial score (nSPS) is 10.6. The number of hydrogen-bond acceptors (Lipinski definition) is 3. The lowest BCUT2D eigenvalue weighted by Gasteiger charge is -2.05. The highest BCUT2D eigenvalue weighted by Gasteiger charge is 2.02. The molecule has 0 aromatic heterocycles. The summed E-state index contributed by atoms with van der Waals surface area (Å²) >= 11 is 0. The lowest BCUT2D eigenvalue weighted by atomic mass is 10.1. The molecule has 0 aromatic rings. The molecule has 0 saturated carbocycles. The van der Waals surface area contributed by atoms with Crippen molar-refractivity contribution in [2.24, 2.45) is 5.92 Å². The quantitative estimate of drug-likeness (QED) is 0.484. The van der Waals surface area contributed by atoms with E-state index in [2.05, 4.69) is 13.8 Å². The fourth-order valence-electron chi connectivity index (χ4n) is 1.14. The molecule has 0 aromatic carbocycles. The Hall–Kier alpha value is -0.570. The first-order valence-electron chi connectivity index (χ1n) is 5.43. The van der Waals surface area contributed by atoms with Gasteiger partial charge in [0, 0.05) is 19.4 Å². The summed E-state index contributed by atoms with van der Waals surface area (Å²) in [7, 11) is 0. The molecule has 0 unspecified atom stereocenters. The van der Waals surface area contributed by atoms with Crippen molar-refractivity contribution in [3.63, 3.8) is 0 Å². The average Bonchev–Trinajstić information content (AvgIpc) is 2.13. The molecule has 0 radical (unpaired) electrons. The molecule has 0 heterocycles. The van der Waals surface area contributed by atoms with Crippen molar-refractivity contribution in [3.8, 4) is 0 Å². The summed E-state index contributed by atoms with van der Waals surface area (Å²) in [5, 5.41) is 8.46. The van der Waals surface area contributed by atoms with Gasteiger partial charge in [-0.3, -0.25) is 4.79 Å². The van der Waals surface area contributed by atoms with Crippen LogP contribution < -0.4 is 0 Å². The van der Waals surface area contributed by atoms with Crippen molar-refractivity contribution in [2.45, 2.75) is 46.0 Å². The minimum atomic E-state index is -0.137. The molecule has 0 fully saturated rings. The summed E-state index contributed by atoms with van der Waals surface area (Å²) in [5.74, 6) is 0.572. The molecule has 0 aliphatic carbocycles. The number of ether oxygens (including phenoxy) is 1. The molecule has 0 amide bonds. The lowest BCUT2D eigenvalue weighted by Crippen LogP contribution is -2.06. The van der Waals surface area contributed by atoms with E-state index < -0.39 is 0 Å². The van der Waals surface area contributed by atoms with Crippen molar-refractivity contribution < 1.29 is 14.6 Å². The average molecular weight is 202 g/mol. The van der Waals surface area contributed by atoms with Crippen LogP contribution in [0.3, 0.4) is 0 Å². The first-order valence-corrected chi connectivity index (χ1v) is 5.43. The van der Waals surface area contributed by atoms with Crippen molar-refractivity contribution >= 4 is 5.97 Å². The molecule has 14 heavy (non-hydrogen) atoms. The van der Waals surface area contributed by atoms with E-state index in [1.165, 1.54) is 6.42 Å². The molecule has 3 heteroatoms. The van der Waals surface area contributed by atoms with Gasteiger partial charge in [0.05, 0.1) is 6.61 Å². The number of carbonyl (C=O) groups excluding carboxylic acids is 1. The van der Waals surface area contributed by atoms with Crippen molar-refractivity contribution in [2.75, 3.05) is 13.2 Å². The summed E-state index contributed by atoms with van der Waals surface area (Å²) in [4.78, 5) is 11.1. The van der Waals surface area contributed by atoms with Crippen LogP contribution in [0.4, 0.5) is 0 Å². The van der Waals surface area contributed by atoms with Crippen LogP contribution in [0.5, 0.6) is 0 Å². The number of unbranched alkanes of at least 4 members (excludes halogenated alkanes) is 1. The minimum Gasteiger partial charge on any atom is -0.466 e. The Bertz CT molecular complexity index is 143. The number of hydrogen-bond donors (Lipinski definition) is 1. The molecule has 3 nitrogen and oxygen atoms in total. The largest absolute Gasteiger partial charge is 0.466 e. The topological polar surface area (TPSA) is 46.5 Å². The zero-order valence-electron chi connectivity index (χ0n) is 9.29. The number of carbonyl (C=O) groups is 1. The number of aliphatic hydroxyl groups excluding tert-OH is 1. The van der Waals surface area contributed by atoms with Gasteiger partial charge in [0.25, 0.3) is 0 Å². The second kappa shape index (κ2) is 9.00. The van der Waals surface area contributed by atoms with Gasteiger partial charge in [-0.05, 0) is 12.3 Å². The fraction of sp³-hybridized carbons (Fsp3) is 0.909. The third-order valence-electron chi connectivity index (χ3n) is 1.98. The van der Waals surface area contributed by atoms with E-state index in [0.717, 1.165) is 12.8 Å². The number of esters is 1. The highest BCUT2D eigenvalue weighted by molar-refractivity contribution is 5.69. The third kappa shape index (κ3) is 9.52. The maximum absolute atomic E-state index is 11.1. The van der Waals surface area contributed by atoms with E-state index in [4.69, 9.17) is 9.84 Å². The Morgan fingerprint density at radius 2 is 2.00 bits per heavy atom. The van der Waals surface area contributed by atoms with Crippen LogP contribution in [0.1, 0.15) is 46.0 Å². The van der Waals surface area contributed by atoms with E-state index in [0.29, 0.717) is 25.4 Å². The SMILES string of the molecule is CC(C)CCCCC(=O)OCCCO. The molecule has 1 N–H and O–H groups in total. The van der Waals surface area contributed by atoms with Gasteiger partial charge < -0.3 is 9.84 Å². The molecule has 84 valence electrons. The van der Waals surface area contributed by atoms with Gasteiger partial charge in [0.2, 0.25) is 0 Å². The molecule has 0 rings (SSSR count). The van der Waals surface area contributed by atoms with E-state index in [-0.39, 0.29) is 12.6 Å². The summed E-state index contributed by atoms with van der Waals surface area (Å²) in [6.07, 6.45) is 4.22. The first kappa shape index (κ1) is 13.4. The summed E-state index contributed by atoms with van der Waals surface area (Å²) in [5.41, 5.74) is 0. The van der Waals surface area contributed by atoms with E-state index in [1.807, 2.05) is 0 Å². The fourth-order valence-corrected chi connectivity index (χ4v) is 1.14. The third-order valence-corrected chi connectivity index (χ3v) is 1.98. The van der Waals surface area contributed by atoms with Crippen LogP contribution in [0.2, 0.25) is 0 Å². The zero-order valence-corrected chi connectivity index (χ0v) is 9.29. The van der Waals surface area contributed by atoms with Gasteiger partial charge in [-0.25, -0.2) is 0 Å². The predicted octanol–water partition coefficient (Wildman–Crippen LogP) is 2.13. The maximum atomic E-state index is 11.1. The second-order valence-electron chi connectivity index (χ2n) is 3.94. The summed E-state index contributed by atoms with van der Waals surface area (Å²) in [6, 6.07) is 0. The highest BCUT2D eigenvalue weighted by Crippen LogP contribution is 2.08. The van der Waals surface area contributed by atoms with Gasteiger partial charge in [0.1, 0.15) is 0 Å². The maximum Gasteiger partial charge on any atom is 0.305 e. The molecular weight excluding hydrogens is 180 g/mol. The Morgan fingerprint density at radius 3 is 2.57 bits per heavy atom. The van der Waals surface area contributed by atoms with E-state index in [9.17, 15) is 4.79 Å².